The summed E-state index contributed by atoms with van der Waals surface area (Å²) in [5.74, 6) is -4.54. The van der Waals surface area contributed by atoms with E-state index in [9.17, 15) is 90.9 Å². The number of hydrogen-bond acceptors (Lipinski definition) is 22. The fraction of sp³-hybridized carbons (Fsp3) is 0.536. The van der Waals surface area contributed by atoms with Gasteiger partial charge in [0.1, 0.15) is 17.6 Å². The molecule has 0 saturated carbocycles. The van der Waals surface area contributed by atoms with Gasteiger partial charge in [-0.25, -0.2) is 14.4 Å². The number of allylic oxidation sites excluding steroid dienone is 6. The summed E-state index contributed by atoms with van der Waals surface area (Å²) in [6.45, 7) is 10.9. The van der Waals surface area contributed by atoms with Crippen molar-refractivity contribution in [3.05, 3.63) is 119 Å². The molecule has 32 nitrogen and oxygen atoms in total. The van der Waals surface area contributed by atoms with E-state index in [2.05, 4.69) is 15.5 Å². The van der Waals surface area contributed by atoms with E-state index in [1.54, 1.807) is 12.1 Å². The fourth-order valence-corrected chi connectivity index (χ4v) is 14.3. The number of carboxylic acids is 3. The normalized spacial score (nSPS) is 17.2. The van der Waals surface area contributed by atoms with Crippen LogP contribution in [0.4, 0.5) is 16.2 Å². The summed E-state index contributed by atoms with van der Waals surface area (Å²) < 4.78 is 170. The number of anilines is 2. The highest BCUT2D eigenvalue weighted by Crippen LogP contribution is 2.50. The lowest BCUT2D eigenvalue weighted by molar-refractivity contribution is -0.147. The van der Waals surface area contributed by atoms with Gasteiger partial charge in [-0.3, -0.25) is 32.6 Å². The van der Waals surface area contributed by atoms with Crippen LogP contribution in [-0.4, -0.2) is 206 Å². The Morgan fingerprint density at radius 3 is 1.75 bits per heavy atom. The molecule has 3 aromatic rings. The van der Waals surface area contributed by atoms with Gasteiger partial charge in [0.25, 0.3) is 40.5 Å². The number of nitrogens with one attached hydrogen (secondary N) is 3. The van der Waals surface area contributed by atoms with Gasteiger partial charge in [0.05, 0.1) is 79.3 Å². The molecule has 36 heteroatoms. The predicted molar refractivity (Wildman–Crippen MR) is 381 cm³/mol. The summed E-state index contributed by atoms with van der Waals surface area (Å²) in [4.78, 5) is 73.9. The largest absolute Gasteiger partial charge is 0.481 e. The number of rotatable bonds is 46. The first-order chi connectivity index (χ1) is 49.4. The molecular weight excluding hydrogens is 1460 g/mol. The predicted octanol–water partition coefficient (Wildman–Crippen LogP) is 7.16. The molecule has 2 heterocycles. The third-order valence-corrected chi connectivity index (χ3v) is 21.1. The van der Waals surface area contributed by atoms with E-state index in [1.165, 1.54) is 48.5 Å². The van der Waals surface area contributed by atoms with Crippen LogP contribution in [0.25, 0.3) is 0 Å². The average molecular weight is 1550 g/mol. The van der Waals surface area contributed by atoms with Crippen LogP contribution in [0.5, 0.6) is 5.75 Å². The Labute approximate surface area is 611 Å². The van der Waals surface area contributed by atoms with E-state index in [0.29, 0.717) is 91.8 Å². The minimum atomic E-state index is -4.61. The number of alkyl carbamates (subject to hydrolysis) is 1. The first-order valence-electron chi connectivity index (χ1n) is 34.2. The number of unbranched alkanes of at least 4 members (excludes halogenated alkanes) is 4. The molecule has 3 aromatic carbocycles. The highest BCUT2D eigenvalue weighted by Gasteiger charge is 2.44. The molecule has 0 bridgehead atoms. The highest BCUT2D eigenvalue weighted by molar-refractivity contribution is 7.86. The van der Waals surface area contributed by atoms with Crippen LogP contribution in [-0.2, 0) is 99.0 Å². The second kappa shape index (κ2) is 39.6. The summed E-state index contributed by atoms with van der Waals surface area (Å²) in [5, 5.41) is 34.8. The van der Waals surface area contributed by atoms with Crippen LogP contribution in [0.3, 0.4) is 0 Å². The number of carbonyl (C=O) groups excluding carboxylic acids is 3. The van der Waals surface area contributed by atoms with Gasteiger partial charge in [0.15, 0.2) is 0 Å². The maximum atomic E-state index is 12.9. The molecule has 0 radical (unpaired) electrons. The SMILES string of the molecule is CC1(C)/C(=C\C=C2/CCCC(/C=C/C3N(CCCCCC(=O)NCCOCCOCCOCCOCCC(=O)NCCCC[C@H](OC(=O)N[C@@H](CCC(=O)O)C(=O)O)C(=O)O)c4ccc(S(=O)(=O)O)cc4C3(C)C)=C2Oc2ccc(S(=O)(=O)O)cc2)N(CCCCS(=O)(=O)O)c2ccc(S(=O)(=O)O)cc21. The van der Waals surface area contributed by atoms with Crippen molar-refractivity contribution in [2.45, 2.75) is 168 Å². The fourth-order valence-electron chi connectivity index (χ4n) is 12.2. The van der Waals surface area contributed by atoms with Gasteiger partial charge in [-0.15, -0.1) is 0 Å². The lowest BCUT2D eigenvalue weighted by atomic mass is 9.80. The molecule has 1 aliphatic carbocycles. The first-order valence-corrected chi connectivity index (χ1v) is 40.1. The molecule has 3 atom stereocenters. The van der Waals surface area contributed by atoms with Gasteiger partial charge in [0, 0.05) is 73.3 Å². The Morgan fingerprint density at radius 2 is 1.15 bits per heavy atom. The Hall–Kier alpha value is -7.88. The first kappa shape index (κ1) is 86.0. The summed E-state index contributed by atoms with van der Waals surface area (Å²) in [6.07, 6.45) is 8.44. The summed E-state index contributed by atoms with van der Waals surface area (Å²) in [5.41, 5.74) is 3.08. The molecule has 0 aromatic heterocycles. The van der Waals surface area contributed by atoms with E-state index in [-0.39, 0.29) is 137 Å². The van der Waals surface area contributed by atoms with Crippen molar-refractivity contribution in [3.63, 3.8) is 0 Å². The van der Waals surface area contributed by atoms with E-state index in [4.69, 9.17) is 33.5 Å². The average Bonchev–Trinajstić information content (AvgIpc) is 1.60. The van der Waals surface area contributed by atoms with Gasteiger partial charge in [-0.05, 0) is 160 Å². The number of carboxylic acid groups (broad SMARTS) is 3. The molecule has 1 unspecified atom stereocenters. The molecule has 3 aliphatic rings. The maximum absolute atomic E-state index is 12.9. The Kier molecular flexibility index (Phi) is 32.5. The Bertz CT molecular complexity index is 4140. The van der Waals surface area contributed by atoms with Gasteiger partial charge >= 0.3 is 24.0 Å². The number of aliphatic carboxylic acids is 3. The van der Waals surface area contributed by atoms with E-state index < -0.39 is 112 Å². The minimum absolute atomic E-state index is 0.0556. The molecule has 6 rings (SSSR count). The zero-order chi connectivity index (χ0) is 77.3. The van der Waals surface area contributed by atoms with Crippen LogP contribution in [0.2, 0.25) is 0 Å². The van der Waals surface area contributed by atoms with Crippen molar-refractivity contribution >= 4 is 87.7 Å². The highest BCUT2D eigenvalue weighted by atomic mass is 32.2. The minimum Gasteiger partial charge on any atom is -0.481 e. The van der Waals surface area contributed by atoms with Crippen molar-refractivity contribution in [1.82, 2.24) is 16.0 Å². The lowest BCUT2D eigenvalue weighted by Gasteiger charge is -2.33. The number of nitrogens with zero attached hydrogens (tertiary/aromatic N) is 2. The van der Waals surface area contributed by atoms with Crippen LogP contribution in [0, 0.1) is 0 Å². The van der Waals surface area contributed by atoms with E-state index in [1.807, 2.05) is 62.2 Å². The monoisotopic (exact) mass is 1550 g/mol. The van der Waals surface area contributed by atoms with E-state index >= 15 is 0 Å². The zero-order valence-corrected chi connectivity index (χ0v) is 62.2. The number of benzene rings is 3. The molecule has 2 aliphatic heterocycles. The maximum Gasteiger partial charge on any atom is 0.408 e. The van der Waals surface area contributed by atoms with Crippen molar-refractivity contribution < 1.29 is 124 Å². The molecular formula is C69H95N5O27S4. The second-order valence-electron chi connectivity index (χ2n) is 26.2. The van der Waals surface area contributed by atoms with Crippen molar-refractivity contribution in [2.75, 3.05) is 94.6 Å². The molecule has 0 fully saturated rings. The van der Waals surface area contributed by atoms with Gasteiger partial charge in [0.2, 0.25) is 17.9 Å². The van der Waals surface area contributed by atoms with Crippen molar-refractivity contribution in [2.24, 2.45) is 0 Å². The van der Waals surface area contributed by atoms with Gasteiger partial charge < -0.3 is 69.5 Å². The molecule has 582 valence electrons. The zero-order valence-electron chi connectivity index (χ0n) is 58.9. The van der Waals surface area contributed by atoms with Crippen LogP contribution in [0.15, 0.2) is 122 Å². The van der Waals surface area contributed by atoms with Gasteiger partial charge in [-0.2, -0.15) is 33.7 Å². The standard InChI is InChI=1S/C69H95N5O27S4/c1-68(2)53-45-51(104(90,91)92)23-26-56(53)73(34-9-5-6-16-61(75)71-33-37-97-39-41-99-43-42-98-40-38-96-36-31-62(76)70-32-8-7-15-58(66(81)82)101-67(83)72-55(65(79)80)25-30-63(77)78)59(68)28-17-47-13-12-14-48(64(47)100-49-19-21-50(22-20-49)103(87,88)89)18-29-60-69(3,4)54-46-52(105(93,94)95)24-27-57(54)74(60)35-10-11-44-102(84,85)86/h17-24,26-29,45-46,55,58-59H,5-16,25,30-44H2,1-4H3,(H,70,76)(H,71,75)(H,72,83)(H,77,78)(H,79,80)(H,81,82)(H,84,85,86)(H,87,88,89)(H,90,91,92)(H,93,94,95)/b28-17+,48-18+,60-29+/t55-,58-,59?/m0/s1. The molecule has 3 amide bonds. The molecule has 105 heavy (non-hydrogen) atoms. The van der Waals surface area contributed by atoms with E-state index in [0.717, 1.165) is 11.3 Å². The number of carbonyl (C=O) groups is 6. The molecule has 0 saturated heterocycles. The van der Waals surface area contributed by atoms with Crippen LogP contribution >= 0.6 is 0 Å². The number of amides is 3. The summed E-state index contributed by atoms with van der Waals surface area (Å²) >= 11 is 0. The Balaban J connectivity index is 0.964. The van der Waals surface area contributed by atoms with Crippen molar-refractivity contribution in [3.8, 4) is 5.75 Å². The van der Waals surface area contributed by atoms with Crippen molar-refractivity contribution in [1.29, 1.82) is 0 Å². The third-order valence-electron chi connectivity index (χ3n) is 17.7. The van der Waals surface area contributed by atoms with Gasteiger partial charge in [-0.1, -0.05) is 52.3 Å². The number of ether oxygens (including phenoxy) is 6. The topological polar surface area (TPSA) is 479 Å². The molecule has 10 N–H and O–H groups in total. The quantitative estimate of drug-likeness (QED) is 0.0198. The molecule has 0 spiro atoms. The second-order valence-corrected chi connectivity index (χ2v) is 32.0. The summed E-state index contributed by atoms with van der Waals surface area (Å²) in [6, 6.07) is 11.9. The number of hydrogen-bond donors (Lipinski definition) is 10. The third kappa shape index (κ3) is 27.1. The van der Waals surface area contributed by atoms with Crippen LogP contribution in [0.1, 0.15) is 135 Å². The van der Waals surface area contributed by atoms with Crippen LogP contribution < -0.4 is 30.5 Å². The Morgan fingerprint density at radius 1 is 0.581 bits per heavy atom. The lowest BCUT2D eigenvalue weighted by Crippen LogP contribution is -2.43. The smallest absolute Gasteiger partial charge is 0.408 e. The summed E-state index contributed by atoms with van der Waals surface area (Å²) in [7, 11) is -18.0. The number of fused-ring (bicyclic) bond motifs is 2.